The van der Waals surface area contributed by atoms with E-state index in [1.165, 1.54) is 5.56 Å². The third-order valence-corrected chi connectivity index (χ3v) is 2.49. The third-order valence-electron chi connectivity index (χ3n) is 2.49. The molecule has 1 aromatic rings. The van der Waals surface area contributed by atoms with Gasteiger partial charge in [-0.05, 0) is 30.5 Å². The first-order valence-corrected chi connectivity index (χ1v) is 4.58. The van der Waals surface area contributed by atoms with Crippen molar-refractivity contribution in [1.82, 2.24) is 5.32 Å². The number of furan rings is 1. The van der Waals surface area contributed by atoms with Crippen LogP contribution in [0.15, 0.2) is 16.7 Å². The molecule has 1 aliphatic rings. The molecule has 2 heterocycles. The van der Waals surface area contributed by atoms with Crippen molar-refractivity contribution in [2.24, 2.45) is 5.92 Å². The molecular weight excluding hydrogens is 150 g/mol. The number of hydrogen-bond acceptors (Lipinski definition) is 2. The van der Waals surface area contributed by atoms with Crippen molar-refractivity contribution in [1.29, 1.82) is 0 Å². The predicted octanol–water partition coefficient (Wildman–Crippen LogP) is 2.12. The first kappa shape index (κ1) is 7.87. The molecule has 0 aromatic carbocycles. The molecule has 0 saturated heterocycles. The zero-order valence-electron chi connectivity index (χ0n) is 7.63. The Kier molecular flexibility index (Phi) is 1.93. The van der Waals surface area contributed by atoms with Gasteiger partial charge >= 0.3 is 0 Å². The van der Waals surface area contributed by atoms with E-state index in [1.54, 1.807) is 6.26 Å². The highest BCUT2D eigenvalue weighted by Crippen LogP contribution is 2.28. The lowest BCUT2D eigenvalue weighted by Crippen LogP contribution is -2.32. The topological polar surface area (TPSA) is 25.2 Å². The average molecular weight is 165 g/mol. The Bertz CT molecular complexity index is 265. The molecule has 1 N–H and O–H groups in total. The summed E-state index contributed by atoms with van der Waals surface area (Å²) in [5.41, 5.74) is 1.38. The van der Waals surface area contributed by atoms with Crippen LogP contribution in [0.1, 0.15) is 31.2 Å². The Labute approximate surface area is 73.0 Å². The summed E-state index contributed by atoms with van der Waals surface area (Å²) in [6, 6.07) is 2.51. The van der Waals surface area contributed by atoms with E-state index in [9.17, 15) is 0 Å². The molecule has 2 rings (SSSR count). The van der Waals surface area contributed by atoms with Crippen LogP contribution in [0, 0.1) is 5.92 Å². The Morgan fingerprint density at radius 3 is 3.17 bits per heavy atom. The molecule has 0 saturated carbocycles. The van der Waals surface area contributed by atoms with Crippen LogP contribution in [0.3, 0.4) is 0 Å². The molecule has 2 heteroatoms. The van der Waals surface area contributed by atoms with E-state index < -0.39 is 0 Å². The Balaban J connectivity index is 2.31. The molecule has 0 fully saturated rings. The lowest BCUT2D eigenvalue weighted by atomic mass is 9.95. The van der Waals surface area contributed by atoms with Gasteiger partial charge in [0.05, 0.1) is 12.3 Å². The molecule has 1 unspecified atom stereocenters. The highest BCUT2D eigenvalue weighted by atomic mass is 16.3. The monoisotopic (exact) mass is 165 g/mol. The zero-order chi connectivity index (χ0) is 8.55. The summed E-state index contributed by atoms with van der Waals surface area (Å²) >= 11 is 0. The molecule has 1 aromatic heterocycles. The van der Waals surface area contributed by atoms with Crippen LogP contribution in [0.4, 0.5) is 0 Å². The van der Waals surface area contributed by atoms with Gasteiger partial charge in [0.2, 0.25) is 0 Å². The maximum absolute atomic E-state index is 5.47. The maximum atomic E-state index is 5.47. The fraction of sp³-hybridized carbons (Fsp3) is 0.600. The lowest BCUT2D eigenvalue weighted by Gasteiger charge is -2.25. The van der Waals surface area contributed by atoms with Gasteiger partial charge in [0.25, 0.3) is 0 Å². The Morgan fingerprint density at radius 2 is 2.42 bits per heavy atom. The van der Waals surface area contributed by atoms with E-state index in [0.29, 0.717) is 12.0 Å². The molecule has 2 nitrogen and oxygen atoms in total. The summed E-state index contributed by atoms with van der Waals surface area (Å²) in [5, 5.41) is 3.47. The maximum Gasteiger partial charge on any atom is 0.124 e. The largest absolute Gasteiger partial charge is 0.467 e. The van der Waals surface area contributed by atoms with E-state index in [4.69, 9.17) is 4.42 Å². The summed E-state index contributed by atoms with van der Waals surface area (Å²) in [6.45, 7) is 5.51. The number of rotatable bonds is 1. The average Bonchev–Trinajstić information content (AvgIpc) is 2.49. The van der Waals surface area contributed by atoms with Crippen LogP contribution >= 0.6 is 0 Å². The summed E-state index contributed by atoms with van der Waals surface area (Å²) in [6.07, 6.45) is 2.90. The second-order valence-corrected chi connectivity index (χ2v) is 3.74. The molecule has 0 amide bonds. The van der Waals surface area contributed by atoms with Gasteiger partial charge in [-0.2, -0.15) is 0 Å². The summed E-state index contributed by atoms with van der Waals surface area (Å²) < 4.78 is 5.47. The predicted molar refractivity (Wildman–Crippen MR) is 48.0 cm³/mol. The van der Waals surface area contributed by atoms with Crippen LogP contribution in [0.25, 0.3) is 0 Å². The Hall–Kier alpha value is -0.760. The van der Waals surface area contributed by atoms with Crippen LogP contribution in [-0.4, -0.2) is 6.54 Å². The minimum atomic E-state index is 0.420. The Morgan fingerprint density at radius 1 is 1.58 bits per heavy atom. The van der Waals surface area contributed by atoms with Crippen LogP contribution in [-0.2, 0) is 6.42 Å². The van der Waals surface area contributed by atoms with Crippen molar-refractivity contribution in [2.45, 2.75) is 26.3 Å². The molecule has 0 radical (unpaired) electrons. The summed E-state index contributed by atoms with van der Waals surface area (Å²) in [7, 11) is 0. The van der Waals surface area contributed by atoms with Crippen molar-refractivity contribution in [3.8, 4) is 0 Å². The normalized spacial score (nSPS) is 22.8. The number of fused-ring (bicyclic) bond motifs is 1. The van der Waals surface area contributed by atoms with Gasteiger partial charge in [-0.25, -0.2) is 0 Å². The minimum Gasteiger partial charge on any atom is -0.467 e. The van der Waals surface area contributed by atoms with Crippen molar-refractivity contribution in [3.63, 3.8) is 0 Å². The van der Waals surface area contributed by atoms with E-state index >= 15 is 0 Å². The quantitative estimate of drug-likeness (QED) is 0.689. The van der Waals surface area contributed by atoms with Gasteiger partial charge in [-0.15, -0.1) is 0 Å². The lowest BCUT2D eigenvalue weighted by molar-refractivity contribution is 0.325. The standard InChI is InChI=1S/C10H15NO/c1-7(2)9-10-8(3-5-11-9)4-6-12-10/h4,6-7,9,11H,3,5H2,1-2H3. The van der Waals surface area contributed by atoms with Gasteiger partial charge in [0.15, 0.2) is 0 Å². The fourth-order valence-electron chi connectivity index (χ4n) is 1.82. The van der Waals surface area contributed by atoms with Gasteiger partial charge in [0, 0.05) is 0 Å². The molecule has 1 aliphatic heterocycles. The van der Waals surface area contributed by atoms with E-state index in [0.717, 1.165) is 18.7 Å². The highest BCUT2D eigenvalue weighted by molar-refractivity contribution is 5.23. The van der Waals surface area contributed by atoms with Gasteiger partial charge in [0.1, 0.15) is 5.76 Å². The zero-order valence-corrected chi connectivity index (χ0v) is 7.63. The second-order valence-electron chi connectivity index (χ2n) is 3.74. The second kappa shape index (κ2) is 2.94. The highest BCUT2D eigenvalue weighted by Gasteiger charge is 2.24. The van der Waals surface area contributed by atoms with Crippen LogP contribution in [0.5, 0.6) is 0 Å². The van der Waals surface area contributed by atoms with Crippen molar-refractivity contribution in [2.75, 3.05) is 6.54 Å². The van der Waals surface area contributed by atoms with Gasteiger partial charge in [-0.3, -0.25) is 0 Å². The van der Waals surface area contributed by atoms with E-state index in [-0.39, 0.29) is 0 Å². The van der Waals surface area contributed by atoms with Crippen LogP contribution < -0.4 is 5.32 Å². The molecule has 12 heavy (non-hydrogen) atoms. The van der Waals surface area contributed by atoms with Crippen LogP contribution in [0.2, 0.25) is 0 Å². The first-order valence-electron chi connectivity index (χ1n) is 4.58. The summed E-state index contributed by atoms with van der Waals surface area (Å²) in [4.78, 5) is 0. The minimum absolute atomic E-state index is 0.420. The summed E-state index contributed by atoms with van der Waals surface area (Å²) in [5.74, 6) is 1.76. The number of hydrogen-bond donors (Lipinski definition) is 1. The molecule has 0 spiro atoms. The fourth-order valence-corrected chi connectivity index (χ4v) is 1.82. The molecular formula is C10H15NO. The molecule has 0 aliphatic carbocycles. The van der Waals surface area contributed by atoms with Gasteiger partial charge < -0.3 is 9.73 Å². The first-order chi connectivity index (χ1) is 5.79. The third kappa shape index (κ3) is 1.16. The van der Waals surface area contributed by atoms with E-state index in [2.05, 4.69) is 25.2 Å². The molecule has 0 bridgehead atoms. The van der Waals surface area contributed by atoms with Crippen molar-refractivity contribution < 1.29 is 4.42 Å². The molecule has 66 valence electrons. The SMILES string of the molecule is CC(C)C1NCCc2ccoc21. The van der Waals surface area contributed by atoms with E-state index in [1.807, 2.05) is 0 Å². The number of nitrogens with one attached hydrogen (secondary N) is 1. The molecule has 1 atom stereocenters. The smallest absolute Gasteiger partial charge is 0.124 e. The van der Waals surface area contributed by atoms with Crippen molar-refractivity contribution >= 4 is 0 Å². The van der Waals surface area contributed by atoms with Gasteiger partial charge in [-0.1, -0.05) is 13.8 Å². The van der Waals surface area contributed by atoms with Crippen molar-refractivity contribution in [3.05, 3.63) is 23.7 Å².